The molecule has 0 aliphatic rings. The molecule has 318 valence electrons. The monoisotopic (exact) mass is 785 g/mol. The second kappa shape index (κ2) is 38.6. The molecule has 0 fully saturated rings. The summed E-state index contributed by atoms with van der Waals surface area (Å²) in [6.45, 7) is 5.59. The number of rotatable bonds is 41. The lowest BCUT2D eigenvalue weighted by Gasteiger charge is -2.24. The number of esters is 1. The maximum Gasteiger partial charge on any atom is 0.472 e. The largest absolute Gasteiger partial charge is 0.472 e. The zero-order valence-corrected chi connectivity index (χ0v) is 36.9. The molecule has 0 rings (SSSR count). The number of carbonyl (C=O) groups excluding carboxylic acids is 1. The van der Waals surface area contributed by atoms with E-state index in [1.54, 1.807) is 0 Å². The molecule has 0 amide bonds. The van der Waals surface area contributed by atoms with E-state index >= 15 is 0 Å². The van der Waals surface area contributed by atoms with Gasteiger partial charge in [-0.25, -0.2) is 4.57 Å². The van der Waals surface area contributed by atoms with Crippen LogP contribution in [0.4, 0.5) is 0 Å². The van der Waals surface area contributed by atoms with Crippen LogP contribution in [-0.2, 0) is 27.9 Å². The van der Waals surface area contributed by atoms with E-state index in [-0.39, 0.29) is 25.8 Å². The molecular weight excluding hydrogens is 697 g/mol. The number of nitrogens with zero attached hydrogens (tertiary/aromatic N) is 1. The van der Waals surface area contributed by atoms with Gasteiger partial charge >= 0.3 is 13.8 Å². The molecule has 2 unspecified atom stereocenters. The van der Waals surface area contributed by atoms with Gasteiger partial charge < -0.3 is 18.9 Å². The van der Waals surface area contributed by atoms with Gasteiger partial charge in [-0.15, -0.1) is 0 Å². The Morgan fingerprint density at radius 3 is 1.56 bits per heavy atom. The second-order valence-corrected chi connectivity index (χ2v) is 17.5. The van der Waals surface area contributed by atoms with Crippen LogP contribution in [0.1, 0.15) is 187 Å². The fourth-order valence-electron chi connectivity index (χ4n) is 5.97. The van der Waals surface area contributed by atoms with Crippen molar-refractivity contribution in [2.45, 2.75) is 193 Å². The molecule has 0 heterocycles. The van der Waals surface area contributed by atoms with Crippen molar-refractivity contribution < 1.29 is 37.3 Å². The first-order chi connectivity index (χ1) is 26.1. The highest BCUT2D eigenvalue weighted by Crippen LogP contribution is 2.43. The molecule has 0 radical (unpaired) electrons. The summed E-state index contributed by atoms with van der Waals surface area (Å²) in [6, 6.07) is 0. The van der Waals surface area contributed by atoms with Gasteiger partial charge in [-0.3, -0.25) is 13.8 Å². The topological polar surface area (TPSA) is 91.3 Å². The van der Waals surface area contributed by atoms with Gasteiger partial charge in [-0.1, -0.05) is 166 Å². The van der Waals surface area contributed by atoms with Gasteiger partial charge in [-0.05, 0) is 51.4 Å². The van der Waals surface area contributed by atoms with Crippen molar-refractivity contribution >= 4 is 13.8 Å². The Labute approximate surface area is 334 Å². The minimum atomic E-state index is -4.27. The van der Waals surface area contributed by atoms with Gasteiger partial charge in [0, 0.05) is 13.0 Å². The Hall–Kier alpha value is -1.28. The van der Waals surface area contributed by atoms with Gasteiger partial charge in [-0.2, -0.15) is 0 Å². The summed E-state index contributed by atoms with van der Waals surface area (Å²) in [6.07, 6.45) is 44.5. The van der Waals surface area contributed by atoms with E-state index < -0.39 is 13.9 Å². The molecule has 0 aromatic carbocycles. The Morgan fingerprint density at radius 1 is 0.574 bits per heavy atom. The molecule has 9 heteroatoms. The number of hydrogen-bond acceptors (Lipinski definition) is 6. The number of allylic oxidation sites excluding steroid dienone is 6. The van der Waals surface area contributed by atoms with Crippen LogP contribution >= 0.6 is 7.82 Å². The lowest BCUT2D eigenvalue weighted by atomic mass is 10.0. The molecule has 2 atom stereocenters. The normalized spacial score (nSPS) is 14.1. The van der Waals surface area contributed by atoms with E-state index in [1.165, 1.54) is 109 Å². The van der Waals surface area contributed by atoms with Crippen molar-refractivity contribution in [2.24, 2.45) is 0 Å². The Kier molecular flexibility index (Phi) is 37.7. The number of ether oxygens (including phenoxy) is 2. The lowest BCUT2D eigenvalue weighted by molar-refractivity contribution is -0.870. The van der Waals surface area contributed by atoms with E-state index in [2.05, 4.69) is 50.3 Å². The Balaban J connectivity index is 4.24. The molecule has 0 aromatic heterocycles. The molecule has 0 aliphatic heterocycles. The lowest BCUT2D eigenvalue weighted by Crippen LogP contribution is -2.37. The fraction of sp³-hybridized carbons (Fsp3) is 0.844. The van der Waals surface area contributed by atoms with Crippen LogP contribution in [0.3, 0.4) is 0 Å². The van der Waals surface area contributed by atoms with Gasteiger partial charge in [0.25, 0.3) is 0 Å². The predicted molar refractivity (Wildman–Crippen MR) is 229 cm³/mol. The summed E-state index contributed by atoms with van der Waals surface area (Å²) in [7, 11) is 1.66. The summed E-state index contributed by atoms with van der Waals surface area (Å²) in [5, 5.41) is 0. The number of likely N-dealkylation sites (N-methyl/N-ethyl adjacent to an activating group) is 1. The maximum absolute atomic E-state index is 12.7. The zero-order valence-electron chi connectivity index (χ0n) is 36.0. The van der Waals surface area contributed by atoms with Crippen molar-refractivity contribution in [1.29, 1.82) is 0 Å². The molecule has 0 bridgehead atoms. The summed E-state index contributed by atoms with van der Waals surface area (Å²) >= 11 is 0. The third-order valence-electron chi connectivity index (χ3n) is 9.45. The molecule has 8 nitrogen and oxygen atoms in total. The van der Waals surface area contributed by atoms with Crippen LogP contribution in [0.2, 0.25) is 0 Å². The first kappa shape index (κ1) is 52.7. The molecule has 54 heavy (non-hydrogen) atoms. The predicted octanol–water partition coefficient (Wildman–Crippen LogP) is 13.0. The first-order valence-corrected chi connectivity index (χ1v) is 23.7. The highest BCUT2D eigenvalue weighted by Gasteiger charge is 2.26. The first-order valence-electron chi connectivity index (χ1n) is 22.2. The minimum Gasteiger partial charge on any atom is -0.457 e. The number of phosphoric acid groups is 1. The fourth-order valence-corrected chi connectivity index (χ4v) is 6.71. The zero-order chi connectivity index (χ0) is 39.9. The second-order valence-electron chi connectivity index (χ2n) is 16.1. The van der Waals surface area contributed by atoms with Crippen molar-refractivity contribution in [2.75, 3.05) is 54.1 Å². The van der Waals surface area contributed by atoms with E-state index in [0.717, 1.165) is 57.8 Å². The summed E-state index contributed by atoms with van der Waals surface area (Å²) in [4.78, 5) is 22.9. The third-order valence-corrected chi connectivity index (χ3v) is 10.4. The van der Waals surface area contributed by atoms with Crippen LogP contribution in [0.15, 0.2) is 36.5 Å². The van der Waals surface area contributed by atoms with Gasteiger partial charge in [0.05, 0.1) is 34.4 Å². The molecule has 0 aliphatic carbocycles. The van der Waals surface area contributed by atoms with Crippen molar-refractivity contribution in [3.63, 3.8) is 0 Å². The van der Waals surface area contributed by atoms with Crippen molar-refractivity contribution in [3.8, 4) is 0 Å². The molecule has 1 N–H and O–H groups in total. The van der Waals surface area contributed by atoms with E-state index in [1.807, 2.05) is 21.1 Å². The molecule has 0 saturated carbocycles. The van der Waals surface area contributed by atoms with E-state index in [9.17, 15) is 14.3 Å². The number of carbonyl (C=O) groups is 1. The smallest absolute Gasteiger partial charge is 0.457 e. The Morgan fingerprint density at radius 2 is 1.02 bits per heavy atom. The van der Waals surface area contributed by atoms with Crippen LogP contribution < -0.4 is 0 Å². The van der Waals surface area contributed by atoms with Crippen LogP contribution in [0, 0.1) is 0 Å². The number of hydrogen-bond donors (Lipinski definition) is 1. The quantitative estimate of drug-likeness (QED) is 0.0217. The summed E-state index contributed by atoms with van der Waals surface area (Å²) in [5.74, 6) is -0.325. The van der Waals surface area contributed by atoms with Gasteiger partial charge in [0.15, 0.2) is 0 Å². The average molecular weight is 785 g/mol. The van der Waals surface area contributed by atoms with Gasteiger partial charge in [0.1, 0.15) is 19.3 Å². The Bertz CT molecular complexity index is 962. The number of quaternary nitrogens is 1. The molecular formula is C45H87NO7P+. The third kappa shape index (κ3) is 41.9. The summed E-state index contributed by atoms with van der Waals surface area (Å²) in [5.41, 5.74) is 0. The molecule has 0 aromatic rings. The van der Waals surface area contributed by atoms with Crippen molar-refractivity contribution in [3.05, 3.63) is 36.5 Å². The standard InChI is InChI=1S/C45H86NO7P/c1-6-8-10-12-14-16-18-20-21-22-23-24-25-26-28-30-32-34-36-38-45(47)53-44(43-52-54(48,49)51-41-39-46(3,4)5)42-50-40-37-35-33-31-29-27-19-17-15-13-11-9-7-2/h14,16,20-21,23-24,44H,6-13,15,17-19,22,25-43H2,1-5H3/p+1/b16-14-,21-20-,24-23-. The highest BCUT2D eigenvalue weighted by molar-refractivity contribution is 7.47. The average Bonchev–Trinajstić information content (AvgIpc) is 3.12. The molecule has 0 saturated heterocycles. The van der Waals surface area contributed by atoms with E-state index in [0.29, 0.717) is 24.1 Å². The number of phosphoric ester groups is 1. The maximum atomic E-state index is 12.7. The molecule has 0 spiro atoms. The van der Waals surface area contributed by atoms with Gasteiger partial charge in [0.2, 0.25) is 0 Å². The van der Waals surface area contributed by atoms with Crippen LogP contribution in [0.5, 0.6) is 0 Å². The SMILES string of the molecule is CCCCC/C=C\C/C=C\C/C=C\CCCCCCCCC(=O)OC(COCCCCCCCCCCCCCCC)COP(=O)(O)OCC[N+](C)(C)C. The van der Waals surface area contributed by atoms with E-state index in [4.69, 9.17) is 18.5 Å². The van der Waals surface area contributed by atoms with Crippen LogP contribution in [-0.4, -0.2) is 75.6 Å². The highest BCUT2D eigenvalue weighted by atomic mass is 31.2. The van der Waals surface area contributed by atoms with Crippen molar-refractivity contribution in [1.82, 2.24) is 0 Å². The summed E-state index contributed by atoms with van der Waals surface area (Å²) < 4.78 is 35.0. The minimum absolute atomic E-state index is 0.0865. The van der Waals surface area contributed by atoms with Crippen LogP contribution in [0.25, 0.3) is 0 Å². The number of unbranched alkanes of at least 4 members (excludes halogenated alkanes) is 21.